The first-order chi connectivity index (χ1) is 12.6. The van der Waals surface area contributed by atoms with Gasteiger partial charge in [0.1, 0.15) is 0 Å². The van der Waals surface area contributed by atoms with Crippen LogP contribution in [0, 0.1) is 5.41 Å². The van der Waals surface area contributed by atoms with Crippen molar-refractivity contribution in [2.75, 3.05) is 13.2 Å². The molecule has 0 amide bonds. The molecule has 1 aromatic heterocycles. The number of hydrogen-bond acceptors (Lipinski definition) is 5. The molecule has 0 saturated carbocycles. The van der Waals surface area contributed by atoms with E-state index in [1.54, 1.807) is 20.0 Å². The molecule has 1 aliphatic rings. The van der Waals surface area contributed by atoms with Crippen LogP contribution in [-0.2, 0) is 25.5 Å². The third kappa shape index (κ3) is 4.43. The molecule has 1 heterocycles. The highest BCUT2D eigenvalue weighted by atomic mass is 16.6. The number of carbonyl (C=O) groups excluding carboxylic acids is 2. The van der Waals surface area contributed by atoms with Crippen LogP contribution < -0.4 is 0 Å². The van der Waals surface area contributed by atoms with Gasteiger partial charge in [-0.2, -0.15) is 0 Å². The Balaban J connectivity index is 2.34. The van der Waals surface area contributed by atoms with Crippen molar-refractivity contribution in [1.82, 2.24) is 4.98 Å². The Kier molecular flexibility index (Phi) is 7.61. The van der Waals surface area contributed by atoms with Crippen LogP contribution in [-0.4, -0.2) is 30.1 Å². The summed E-state index contributed by atoms with van der Waals surface area (Å²) in [4.78, 5) is 29.9. The average molecular weight is 361 g/mol. The van der Waals surface area contributed by atoms with Gasteiger partial charge in [0.25, 0.3) is 0 Å². The lowest BCUT2D eigenvalue weighted by molar-refractivity contribution is -0.173. The van der Waals surface area contributed by atoms with Gasteiger partial charge >= 0.3 is 11.9 Å². The van der Waals surface area contributed by atoms with Crippen molar-refractivity contribution in [3.8, 4) is 0 Å². The molecule has 0 aromatic carbocycles. The maximum atomic E-state index is 12.8. The van der Waals surface area contributed by atoms with E-state index in [2.05, 4.69) is 11.9 Å². The quantitative estimate of drug-likeness (QED) is 0.375. The summed E-state index contributed by atoms with van der Waals surface area (Å²) in [6.45, 7) is 6.22. The van der Waals surface area contributed by atoms with Gasteiger partial charge in [-0.1, -0.05) is 32.6 Å². The van der Waals surface area contributed by atoms with Crippen molar-refractivity contribution < 1.29 is 19.1 Å². The monoisotopic (exact) mass is 361 g/mol. The maximum Gasteiger partial charge on any atom is 0.323 e. The molecule has 1 aromatic rings. The van der Waals surface area contributed by atoms with Crippen LogP contribution >= 0.6 is 0 Å². The van der Waals surface area contributed by atoms with E-state index < -0.39 is 17.4 Å². The first-order valence-electron chi connectivity index (χ1n) is 9.86. The predicted molar refractivity (Wildman–Crippen MR) is 99.8 cm³/mol. The summed E-state index contributed by atoms with van der Waals surface area (Å²) >= 11 is 0. The molecule has 0 aliphatic heterocycles. The number of esters is 2. The van der Waals surface area contributed by atoms with Crippen LogP contribution in [0.2, 0.25) is 0 Å². The predicted octanol–water partition coefficient (Wildman–Crippen LogP) is 4.19. The Bertz CT molecular complexity index is 596. The van der Waals surface area contributed by atoms with Gasteiger partial charge in [0.15, 0.2) is 5.41 Å². The molecule has 0 bridgehead atoms. The molecule has 5 heteroatoms. The van der Waals surface area contributed by atoms with Crippen molar-refractivity contribution in [2.45, 2.75) is 71.6 Å². The van der Waals surface area contributed by atoms with E-state index in [1.165, 1.54) is 12.8 Å². The second kappa shape index (κ2) is 9.70. The number of pyridine rings is 1. The summed E-state index contributed by atoms with van der Waals surface area (Å²) in [5.74, 6) is -0.794. The van der Waals surface area contributed by atoms with Gasteiger partial charge in [-0.3, -0.25) is 14.6 Å². The van der Waals surface area contributed by atoms with E-state index >= 15 is 0 Å². The van der Waals surface area contributed by atoms with E-state index in [9.17, 15) is 9.59 Å². The maximum absolute atomic E-state index is 12.8. The van der Waals surface area contributed by atoms with E-state index in [1.807, 2.05) is 12.3 Å². The summed E-state index contributed by atoms with van der Waals surface area (Å²) in [7, 11) is 0. The smallest absolute Gasteiger partial charge is 0.323 e. The first kappa shape index (κ1) is 20.4. The number of aromatic nitrogens is 1. The van der Waals surface area contributed by atoms with Crippen LogP contribution in [0.4, 0.5) is 0 Å². The summed E-state index contributed by atoms with van der Waals surface area (Å²) in [5.41, 5.74) is 0.927. The van der Waals surface area contributed by atoms with Crippen LogP contribution in [0.15, 0.2) is 18.5 Å². The molecule has 26 heavy (non-hydrogen) atoms. The van der Waals surface area contributed by atoms with Gasteiger partial charge in [0.2, 0.25) is 0 Å². The number of unbranched alkanes of at least 4 members (excludes halogenated alkanes) is 3. The third-order valence-corrected chi connectivity index (χ3v) is 5.21. The van der Waals surface area contributed by atoms with Gasteiger partial charge in [0, 0.05) is 12.4 Å². The molecule has 0 saturated heterocycles. The summed E-state index contributed by atoms with van der Waals surface area (Å²) in [6.07, 6.45) is 9.94. The Hall–Kier alpha value is -1.91. The minimum Gasteiger partial charge on any atom is -0.465 e. The Labute approximate surface area is 156 Å². The van der Waals surface area contributed by atoms with Gasteiger partial charge in [0.05, 0.1) is 13.2 Å². The molecule has 0 radical (unpaired) electrons. The van der Waals surface area contributed by atoms with Crippen molar-refractivity contribution in [3.63, 3.8) is 0 Å². The van der Waals surface area contributed by atoms with Gasteiger partial charge in [-0.25, -0.2) is 0 Å². The van der Waals surface area contributed by atoms with Gasteiger partial charge in [-0.05, 0) is 56.2 Å². The number of rotatable bonds is 9. The second-order valence-corrected chi connectivity index (χ2v) is 7.02. The molecule has 0 fully saturated rings. The highest BCUT2D eigenvalue weighted by Crippen LogP contribution is 2.46. The largest absolute Gasteiger partial charge is 0.465 e. The number of ether oxygens (including phenoxy) is 2. The third-order valence-electron chi connectivity index (χ3n) is 5.21. The van der Waals surface area contributed by atoms with Crippen LogP contribution in [0.1, 0.15) is 76.3 Å². The van der Waals surface area contributed by atoms with E-state index in [0.717, 1.165) is 30.4 Å². The zero-order valence-electron chi connectivity index (χ0n) is 16.3. The second-order valence-electron chi connectivity index (χ2n) is 7.02. The van der Waals surface area contributed by atoms with Crippen LogP contribution in [0.3, 0.4) is 0 Å². The van der Waals surface area contributed by atoms with Crippen molar-refractivity contribution in [3.05, 3.63) is 29.6 Å². The standard InChI is InChI=1S/C21H31NO4/c1-4-7-8-9-10-16-13-21(19(23)25-5-2,20(24)26-6-3)14-17-11-12-22-15-18(16)17/h11-12,15-16H,4-10,13-14H2,1-3H3. The van der Waals surface area contributed by atoms with Crippen molar-refractivity contribution in [1.29, 1.82) is 0 Å². The average Bonchev–Trinajstić information content (AvgIpc) is 2.65. The van der Waals surface area contributed by atoms with E-state index in [-0.39, 0.29) is 19.1 Å². The number of carbonyl (C=O) groups is 2. The molecular formula is C21H31NO4. The molecule has 1 aliphatic carbocycles. The molecule has 0 spiro atoms. The van der Waals surface area contributed by atoms with Crippen molar-refractivity contribution >= 4 is 11.9 Å². The highest BCUT2D eigenvalue weighted by Gasteiger charge is 2.53. The Morgan fingerprint density at radius 3 is 2.42 bits per heavy atom. The zero-order chi connectivity index (χ0) is 19.0. The fourth-order valence-electron chi connectivity index (χ4n) is 3.90. The summed E-state index contributed by atoms with van der Waals surface area (Å²) < 4.78 is 10.6. The van der Waals surface area contributed by atoms with E-state index in [4.69, 9.17) is 9.47 Å². The highest BCUT2D eigenvalue weighted by molar-refractivity contribution is 6.00. The van der Waals surface area contributed by atoms with E-state index in [0.29, 0.717) is 12.8 Å². The SMILES string of the molecule is CCCCCCC1CC(C(=O)OCC)(C(=O)OCC)Cc2ccncc21. The molecule has 144 valence electrons. The zero-order valence-corrected chi connectivity index (χ0v) is 16.3. The normalized spacial score (nSPS) is 18.0. The lowest BCUT2D eigenvalue weighted by Gasteiger charge is -2.38. The lowest BCUT2D eigenvalue weighted by Crippen LogP contribution is -2.47. The number of fused-ring (bicyclic) bond motifs is 1. The molecule has 5 nitrogen and oxygen atoms in total. The number of hydrogen-bond donors (Lipinski definition) is 0. The minimum absolute atomic E-state index is 0.123. The Morgan fingerprint density at radius 2 is 1.81 bits per heavy atom. The fourth-order valence-corrected chi connectivity index (χ4v) is 3.90. The topological polar surface area (TPSA) is 65.5 Å². The van der Waals surface area contributed by atoms with Gasteiger partial charge in [-0.15, -0.1) is 0 Å². The fraction of sp³-hybridized carbons (Fsp3) is 0.667. The molecule has 1 atom stereocenters. The van der Waals surface area contributed by atoms with Crippen LogP contribution in [0.5, 0.6) is 0 Å². The number of nitrogens with zero attached hydrogens (tertiary/aromatic N) is 1. The molecule has 1 unspecified atom stereocenters. The molecular weight excluding hydrogens is 330 g/mol. The lowest BCUT2D eigenvalue weighted by atomic mass is 9.66. The first-order valence-corrected chi connectivity index (χ1v) is 9.86. The van der Waals surface area contributed by atoms with Crippen molar-refractivity contribution in [2.24, 2.45) is 5.41 Å². The Morgan fingerprint density at radius 1 is 1.12 bits per heavy atom. The minimum atomic E-state index is -1.24. The van der Waals surface area contributed by atoms with Crippen LogP contribution in [0.25, 0.3) is 0 Å². The summed E-state index contributed by atoms with van der Waals surface area (Å²) in [6, 6.07) is 1.92. The van der Waals surface area contributed by atoms with Gasteiger partial charge < -0.3 is 9.47 Å². The molecule has 0 N–H and O–H groups in total. The summed E-state index contributed by atoms with van der Waals surface area (Å²) in [5, 5.41) is 0. The molecule has 2 rings (SSSR count).